The van der Waals surface area contributed by atoms with E-state index < -0.39 is 5.91 Å². The van der Waals surface area contributed by atoms with Crippen molar-refractivity contribution in [2.75, 3.05) is 19.6 Å². The summed E-state index contributed by atoms with van der Waals surface area (Å²) < 4.78 is 1.66. The molecule has 0 aliphatic rings. The van der Waals surface area contributed by atoms with Crippen LogP contribution in [-0.2, 0) is 6.54 Å². The summed E-state index contributed by atoms with van der Waals surface area (Å²) in [6, 6.07) is 0. The minimum Gasteiger partial charge on any atom is -0.302 e. The van der Waals surface area contributed by atoms with E-state index in [1.807, 2.05) is 5.43 Å². The fraction of sp³-hybridized carbons (Fsp3) is 0.727. The molecule has 1 aromatic heterocycles. The van der Waals surface area contributed by atoms with Gasteiger partial charge >= 0.3 is 0 Å². The van der Waals surface area contributed by atoms with E-state index in [9.17, 15) is 4.79 Å². The van der Waals surface area contributed by atoms with Gasteiger partial charge in [-0.15, -0.1) is 5.10 Å². The highest BCUT2D eigenvalue weighted by Crippen LogP contribution is 1.99. The van der Waals surface area contributed by atoms with Crippen molar-refractivity contribution in [1.82, 2.24) is 25.3 Å². The summed E-state index contributed by atoms with van der Waals surface area (Å²) in [7, 11) is 0. The fourth-order valence-electron chi connectivity index (χ4n) is 1.72. The van der Waals surface area contributed by atoms with Crippen LogP contribution in [0.5, 0.6) is 0 Å². The molecule has 7 heteroatoms. The monoisotopic (exact) mass is 254 g/mol. The van der Waals surface area contributed by atoms with Crippen LogP contribution in [0.2, 0.25) is 0 Å². The van der Waals surface area contributed by atoms with Crippen LogP contribution in [-0.4, -0.2) is 45.4 Å². The second kappa shape index (κ2) is 7.07. The zero-order valence-electron chi connectivity index (χ0n) is 11.3. The molecule has 3 N–H and O–H groups in total. The number of nitrogens with zero attached hydrogens (tertiary/aromatic N) is 4. The van der Waals surface area contributed by atoms with Crippen molar-refractivity contribution >= 4 is 5.91 Å². The van der Waals surface area contributed by atoms with Gasteiger partial charge < -0.3 is 4.90 Å². The predicted molar refractivity (Wildman–Crippen MR) is 68.6 cm³/mol. The number of amides is 1. The predicted octanol–water partition coefficient (Wildman–Crippen LogP) is -0.140. The summed E-state index contributed by atoms with van der Waals surface area (Å²) in [5.41, 5.74) is 2.27. The molecule has 0 aliphatic heterocycles. The molecule has 0 unspecified atom stereocenters. The Morgan fingerprint density at radius 2 is 2.33 bits per heavy atom. The second-order valence-corrected chi connectivity index (χ2v) is 4.63. The molecule has 0 bridgehead atoms. The fourth-order valence-corrected chi connectivity index (χ4v) is 1.72. The van der Waals surface area contributed by atoms with E-state index in [1.54, 1.807) is 10.9 Å². The molecular weight excluding hydrogens is 232 g/mol. The molecule has 0 aromatic carbocycles. The Morgan fingerprint density at radius 1 is 1.61 bits per heavy atom. The first-order valence-corrected chi connectivity index (χ1v) is 6.20. The summed E-state index contributed by atoms with van der Waals surface area (Å²) in [4.78, 5) is 13.5. The summed E-state index contributed by atoms with van der Waals surface area (Å²) in [5, 5.41) is 7.65. The van der Waals surface area contributed by atoms with E-state index >= 15 is 0 Å². The largest absolute Gasteiger partial charge is 0.302 e. The Bertz CT molecular complexity index is 375. The average molecular weight is 254 g/mol. The number of rotatable bonds is 7. The van der Waals surface area contributed by atoms with Crippen molar-refractivity contribution in [3.63, 3.8) is 0 Å². The van der Waals surface area contributed by atoms with Crippen LogP contribution in [0.4, 0.5) is 0 Å². The smallest absolute Gasteiger partial charge is 0.287 e. The molecule has 0 saturated heterocycles. The molecule has 18 heavy (non-hydrogen) atoms. The third kappa shape index (κ3) is 4.42. The zero-order valence-corrected chi connectivity index (χ0v) is 11.3. The van der Waals surface area contributed by atoms with E-state index in [0.29, 0.717) is 12.5 Å². The van der Waals surface area contributed by atoms with Crippen molar-refractivity contribution in [3.8, 4) is 0 Å². The van der Waals surface area contributed by atoms with Crippen molar-refractivity contribution in [2.24, 2.45) is 11.8 Å². The van der Waals surface area contributed by atoms with Crippen molar-refractivity contribution in [1.29, 1.82) is 0 Å². The highest BCUT2D eigenvalue weighted by Gasteiger charge is 2.10. The first-order valence-electron chi connectivity index (χ1n) is 6.20. The number of nitrogen functional groups attached to an aromatic ring is 1. The Labute approximate surface area is 107 Å². The Morgan fingerprint density at radius 3 is 2.89 bits per heavy atom. The van der Waals surface area contributed by atoms with Gasteiger partial charge in [0.2, 0.25) is 0 Å². The minimum atomic E-state index is -0.421. The third-order valence-electron chi connectivity index (χ3n) is 2.62. The maximum absolute atomic E-state index is 11.2. The maximum Gasteiger partial charge on any atom is 0.287 e. The number of carbonyl (C=O) groups is 1. The topological polar surface area (TPSA) is 89.1 Å². The van der Waals surface area contributed by atoms with Gasteiger partial charge in [0.15, 0.2) is 5.69 Å². The van der Waals surface area contributed by atoms with Gasteiger partial charge in [0.25, 0.3) is 5.91 Å². The number of hydrogen-bond acceptors (Lipinski definition) is 5. The first-order chi connectivity index (χ1) is 8.56. The lowest BCUT2D eigenvalue weighted by molar-refractivity contribution is 0.0948. The van der Waals surface area contributed by atoms with E-state index in [1.165, 1.54) is 0 Å². The summed E-state index contributed by atoms with van der Waals surface area (Å²) in [6.45, 7) is 10.2. The number of hydrogen-bond donors (Lipinski definition) is 2. The van der Waals surface area contributed by atoms with Gasteiger partial charge in [-0.05, 0) is 12.5 Å². The Hall–Kier alpha value is -1.47. The quantitative estimate of drug-likeness (QED) is 0.401. The van der Waals surface area contributed by atoms with Gasteiger partial charge in [0, 0.05) is 13.1 Å². The Kier molecular flexibility index (Phi) is 5.73. The van der Waals surface area contributed by atoms with Gasteiger partial charge in [0.05, 0.1) is 12.7 Å². The van der Waals surface area contributed by atoms with Gasteiger partial charge in [0.1, 0.15) is 0 Å². The summed E-state index contributed by atoms with van der Waals surface area (Å²) >= 11 is 0. The summed E-state index contributed by atoms with van der Waals surface area (Å²) in [5.74, 6) is 5.24. The van der Waals surface area contributed by atoms with Crippen LogP contribution >= 0.6 is 0 Å². The lowest BCUT2D eigenvalue weighted by Crippen LogP contribution is -2.31. The number of likely N-dealkylation sites (N-methyl/N-ethyl adjacent to an activating group) is 1. The Balaban J connectivity index is 2.47. The van der Waals surface area contributed by atoms with E-state index in [0.717, 1.165) is 19.6 Å². The van der Waals surface area contributed by atoms with Crippen LogP contribution in [0.15, 0.2) is 6.20 Å². The number of nitrogens with one attached hydrogen (secondary N) is 1. The molecule has 0 radical (unpaired) electrons. The van der Waals surface area contributed by atoms with E-state index in [4.69, 9.17) is 5.84 Å². The molecule has 0 aliphatic carbocycles. The van der Waals surface area contributed by atoms with Crippen LogP contribution in [0, 0.1) is 5.92 Å². The first kappa shape index (κ1) is 14.6. The van der Waals surface area contributed by atoms with Crippen LogP contribution < -0.4 is 11.3 Å². The molecular formula is C11H22N6O. The van der Waals surface area contributed by atoms with Gasteiger partial charge in [-0.2, -0.15) is 0 Å². The molecule has 7 nitrogen and oxygen atoms in total. The SMILES string of the molecule is CCN(CCn1cc(C(=O)NN)nn1)CC(C)C. The van der Waals surface area contributed by atoms with E-state index in [2.05, 4.69) is 36.0 Å². The molecule has 0 spiro atoms. The standard InChI is InChI=1S/C11H22N6O/c1-4-16(7-9(2)3)5-6-17-8-10(14-15-17)11(18)13-12/h8-9H,4-7,12H2,1-3H3,(H,13,18). The molecule has 0 atom stereocenters. The van der Waals surface area contributed by atoms with Crippen molar-refractivity contribution in [3.05, 3.63) is 11.9 Å². The van der Waals surface area contributed by atoms with Crippen molar-refractivity contribution in [2.45, 2.75) is 27.3 Å². The number of hydrazine groups is 1. The highest BCUT2D eigenvalue weighted by molar-refractivity contribution is 5.91. The molecule has 102 valence electrons. The third-order valence-corrected chi connectivity index (χ3v) is 2.62. The summed E-state index contributed by atoms with van der Waals surface area (Å²) in [6.07, 6.45) is 1.60. The second-order valence-electron chi connectivity index (χ2n) is 4.63. The minimum absolute atomic E-state index is 0.240. The number of carbonyl (C=O) groups excluding carboxylic acids is 1. The lowest BCUT2D eigenvalue weighted by Gasteiger charge is -2.22. The van der Waals surface area contributed by atoms with Gasteiger partial charge in [-0.3, -0.25) is 14.9 Å². The number of nitrogens with two attached hydrogens (primary N) is 1. The molecule has 1 heterocycles. The molecule has 1 amide bonds. The normalized spacial score (nSPS) is 11.2. The van der Waals surface area contributed by atoms with Gasteiger partial charge in [-0.1, -0.05) is 26.0 Å². The molecule has 1 rings (SSSR count). The highest BCUT2D eigenvalue weighted by atomic mass is 16.2. The van der Waals surface area contributed by atoms with Crippen LogP contribution in [0.3, 0.4) is 0 Å². The van der Waals surface area contributed by atoms with Crippen molar-refractivity contribution < 1.29 is 4.79 Å². The number of aromatic nitrogens is 3. The molecule has 1 aromatic rings. The van der Waals surface area contributed by atoms with Crippen LogP contribution in [0.1, 0.15) is 31.3 Å². The average Bonchev–Trinajstić information content (AvgIpc) is 2.81. The lowest BCUT2D eigenvalue weighted by atomic mass is 10.2. The van der Waals surface area contributed by atoms with E-state index in [-0.39, 0.29) is 5.69 Å². The van der Waals surface area contributed by atoms with Gasteiger partial charge in [-0.25, -0.2) is 5.84 Å². The molecule has 0 saturated carbocycles. The van der Waals surface area contributed by atoms with Crippen LogP contribution in [0.25, 0.3) is 0 Å². The maximum atomic E-state index is 11.2. The molecule has 0 fully saturated rings. The zero-order chi connectivity index (χ0) is 13.5.